The summed E-state index contributed by atoms with van der Waals surface area (Å²) in [4.78, 5) is 25.6. The van der Waals surface area contributed by atoms with Crippen LogP contribution in [0.1, 0.15) is 33.9 Å². The number of halogens is 2. The number of anilines is 1. The van der Waals surface area contributed by atoms with Crippen molar-refractivity contribution in [3.63, 3.8) is 0 Å². The third kappa shape index (κ3) is 3.24. The Labute approximate surface area is 175 Å². The summed E-state index contributed by atoms with van der Waals surface area (Å²) >= 11 is 2.02. The van der Waals surface area contributed by atoms with Crippen LogP contribution in [0.5, 0.6) is 5.75 Å². The predicted molar refractivity (Wildman–Crippen MR) is 109 cm³/mol. The Bertz CT molecular complexity index is 991. The standard InChI is InChI=1S/C20H19FINO5/c1-9-11-7-15(24)23(14-6-4-5-13(21)19(14)28-3)8-12(11)10(2)17(22)16(9)18(25)20(26)27/h4-6,18,25H,7-8H2,1-3H3,(H,26,27)/t18-/m0/s1. The lowest BCUT2D eigenvalue weighted by atomic mass is 9.86. The molecule has 0 aromatic heterocycles. The maximum Gasteiger partial charge on any atom is 0.337 e. The van der Waals surface area contributed by atoms with Crippen LogP contribution in [0.15, 0.2) is 18.2 Å². The van der Waals surface area contributed by atoms with Gasteiger partial charge in [0.15, 0.2) is 17.7 Å². The van der Waals surface area contributed by atoms with Crippen LogP contribution < -0.4 is 9.64 Å². The minimum atomic E-state index is -1.66. The van der Waals surface area contributed by atoms with Crippen LogP contribution in [-0.4, -0.2) is 29.2 Å². The molecule has 0 saturated carbocycles. The van der Waals surface area contributed by atoms with Crippen molar-refractivity contribution in [2.24, 2.45) is 0 Å². The number of hydrogen-bond donors (Lipinski definition) is 2. The number of amides is 1. The summed E-state index contributed by atoms with van der Waals surface area (Å²) in [7, 11) is 1.35. The number of ether oxygens (including phenoxy) is 1. The molecule has 0 spiro atoms. The molecule has 1 aliphatic heterocycles. The molecule has 0 aliphatic carbocycles. The van der Waals surface area contributed by atoms with Crippen molar-refractivity contribution >= 4 is 40.2 Å². The van der Waals surface area contributed by atoms with Crippen LogP contribution in [-0.2, 0) is 22.6 Å². The number of aliphatic hydroxyl groups excluding tert-OH is 1. The minimum Gasteiger partial charge on any atom is -0.492 e. The molecule has 0 unspecified atom stereocenters. The van der Waals surface area contributed by atoms with Crippen molar-refractivity contribution in [1.82, 2.24) is 0 Å². The number of nitrogens with zero attached hydrogens (tertiary/aromatic N) is 1. The Kier molecular flexibility index (Phi) is 5.62. The molecule has 0 saturated heterocycles. The Balaban J connectivity index is 2.15. The highest BCUT2D eigenvalue weighted by Gasteiger charge is 2.33. The summed E-state index contributed by atoms with van der Waals surface area (Å²) < 4.78 is 19.9. The van der Waals surface area contributed by atoms with E-state index in [2.05, 4.69) is 0 Å². The van der Waals surface area contributed by atoms with E-state index in [-0.39, 0.29) is 24.6 Å². The Morgan fingerprint density at radius 1 is 1.29 bits per heavy atom. The molecule has 2 aromatic carbocycles. The van der Waals surface area contributed by atoms with Gasteiger partial charge in [0, 0.05) is 9.13 Å². The highest BCUT2D eigenvalue weighted by molar-refractivity contribution is 14.1. The van der Waals surface area contributed by atoms with Gasteiger partial charge in [-0.25, -0.2) is 9.18 Å². The number of hydrogen-bond acceptors (Lipinski definition) is 4. The Morgan fingerprint density at radius 2 is 1.96 bits per heavy atom. The van der Waals surface area contributed by atoms with E-state index in [0.29, 0.717) is 25.9 Å². The van der Waals surface area contributed by atoms with E-state index in [1.165, 1.54) is 24.1 Å². The molecule has 2 N–H and O–H groups in total. The predicted octanol–water partition coefficient (Wildman–Crippen LogP) is 3.26. The van der Waals surface area contributed by atoms with Gasteiger partial charge in [-0.2, -0.15) is 0 Å². The van der Waals surface area contributed by atoms with E-state index in [4.69, 9.17) is 4.74 Å². The Morgan fingerprint density at radius 3 is 2.57 bits per heavy atom. The number of carboxylic acids is 1. The summed E-state index contributed by atoms with van der Waals surface area (Å²) in [5.41, 5.74) is 3.64. The van der Waals surface area contributed by atoms with Crippen LogP contribution in [0.2, 0.25) is 0 Å². The maximum absolute atomic E-state index is 14.1. The van der Waals surface area contributed by atoms with Gasteiger partial charge in [0.25, 0.3) is 0 Å². The quantitative estimate of drug-likeness (QED) is 0.631. The normalized spacial score (nSPS) is 14.6. The second-order valence-electron chi connectivity index (χ2n) is 6.62. The fourth-order valence-corrected chi connectivity index (χ4v) is 4.67. The van der Waals surface area contributed by atoms with Crippen molar-refractivity contribution in [2.75, 3.05) is 12.0 Å². The Hall–Kier alpha value is -2.20. The number of carbonyl (C=O) groups excluding carboxylic acids is 1. The average Bonchev–Trinajstić information content (AvgIpc) is 2.65. The number of aliphatic hydroxyl groups is 1. The van der Waals surface area contributed by atoms with E-state index >= 15 is 0 Å². The first kappa shape index (κ1) is 20.5. The maximum atomic E-state index is 14.1. The molecule has 0 radical (unpaired) electrons. The fraction of sp³-hybridized carbons (Fsp3) is 0.300. The average molecular weight is 499 g/mol. The van der Waals surface area contributed by atoms with E-state index in [0.717, 1.165) is 11.1 Å². The first-order valence-corrected chi connectivity index (χ1v) is 9.60. The van der Waals surface area contributed by atoms with Crippen LogP contribution in [0.3, 0.4) is 0 Å². The number of fused-ring (bicyclic) bond motifs is 1. The first-order valence-electron chi connectivity index (χ1n) is 8.53. The molecule has 1 amide bonds. The van der Waals surface area contributed by atoms with Gasteiger partial charge < -0.3 is 19.8 Å². The topological polar surface area (TPSA) is 87.1 Å². The zero-order valence-corrected chi connectivity index (χ0v) is 17.7. The van der Waals surface area contributed by atoms with Gasteiger partial charge in [-0.1, -0.05) is 6.07 Å². The van der Waals surface area contributed by atoms with Gasteiger partial charge >= 0.3 is 5.97 Å². The molecule has 148 valence electrons. The van der Waals surface area contributed by atoms with Crippen LogP contribution in [0.25, 0.3) is 0 Å². The van der Waals surface area contributed by atoms with Crippen molar-refractivity contribution in [3.8, 4) is 5.75 Å². The van der Waals surface area contributed by atoms with Gasteiger partial charge in [0.2, 0.25) is 5.91 Å². The lowest BCUT2D eigenvalue weighted by Gasteiger charge is -2.33. The van der Waals surface area contributed by atoms with Gasteiger partial charge in [-0.05, 0) is 70.8 Å². The first-order chi connectivity index (χ1) is 13.2. The second kappa shape index (κ2) is 7.67. The van der Waals surface area contributed by atoms with Crippen molar-refractivity contribution in [3.05, 3.63) is 55.4 Å². The van der Waals surface area contributed by atoms with Crippen LogP contribution in [0.4, 0.5) is 10.1 Å². The third-order valence-electron chi connectivity index (χ3n) is 5.13. The van der Waals surface area contributed by atoms with Gasteiger partial charge in [0.05, 0.1) is 25.8 Å². The van der Waals surface area contributed by atoms with E-state index in [1.807, 2.05) is 29.5 Å². The fourth-order valence-electron chi connectivity index (χ4n) is 3.64. The van der Waals surface area contributed by atoms with Gasteiger partial charge in [-0.3, -0.25) is 4.79 Å². The molecule has 0 fully saturated rings. The van der Waals surface area contributed by atoms with Crippen LogP contribution in [0, 0.1) is 23.2 Å². The minimum absolute atomic E-state index is 0.00120. The number of carbonyl (C=O) groups is 2. The summed E-state index contributed by atoms with van der Waals surface area (Å²) in [6, 6.07) is 4.41. The summed E-state index contributed by atoms with van der Waals surface area (Å²) in [5.74, 6) is -2.15. The second-order valence-corrected chi connectivity index (χ2v) is 7.70. The molecule has 3 rings (SSSR count). The molecule has 1 atom stereocenters. The molecule has 8 heteroatoms. The van der Waals surface area contributed by atoms with E-state index < -0.39 is 17.9 Å². The molecule has 2 aromatic rings. The molecule has 6 nitrogen and oxygen atoms in total. The molecule has 1 aliphatic rings. The summed E-state index contributed by atoms with van der Waals surface area (Å²) in [6.07, 6.45) is -1.63. The molecular formula is C20H19FINO5. The van der Waals surface area contributed by atoms with E-state index in [1.54, 1.807) is 13.0 Å². The SMILES string of the molecule is COc1c(F)cccc1N1Cc2c(C)c(I)c([C@H](O)C(=O)O)c(C)c2CC1=O. The lowest BCUT2D eigenvalue weighted by molar-refractivity contribution is -0.147. The number of para-hydroxylation sites is 1. The molecule has 0 bridgehead atoms. The third-order valence-corrected chi connectivity index (χ3v) is 6.52. The largest absolute Gasteiger partial charge is 0.492 e. The van der Waals surface area contributed by atoms with Crippen molar-refractivity contribution < 1.29 is 28.9 Å². The lowest BCUT2D eigenvalue weighted by Crippen LogP contribution is -2.38. The van der Waals surface area contributed by atoms with Gasteiger partial charge in [0.1, 0.15) is 0 Å². The zero-order chi connectivity index (χ0) is 20.7. The van der Waals surface area contributed by atoms with Gasteiger partial charge in [-0.15, -0.1) is 0 Å². The zero-order valence-electron chi connectivity index (χ0n) is 15.5. The van der Waals surface area contributed by atoms with Crippen molar-refractivity contribution in [1.29, 1.82) is 0 Å². The monoisotopic (exact) mass is 499 g/mol. The highest BCUT2D eigenvalue weighted by atomic mass is 127. The highest BCUT2D eigenvalue weighted by Crippen LogP contribution is 2.39. The van der Waals surface area contributed by atoms with Crippen molar-refractivity contribution in [2.45, 2.75) is 32.9 Å². The number of benzene rings is 2. The number of methoxy groups -OCH3 is 1. The summed E-state index contributed by atoms with van der Waals surface area (Å²) in [5, 5.41) is 19.4. The number of carboxylic acid groups (broad SMARTS) is 1. The smallest absolute Gasteiger partial charge is 0.337 e. The number of rotatable bonds is 4. The number of aliphatic carboxylic acids is 1. The van der Waals surface area contributed by atoms with Crippen LogP contribution >= 0.6 is 22.6 Å². The molecular weight excluding hydrogens is 480 g/mol. The molecule has 28 heavy (non-hydrogen) atoms. The molecule has 1 heterocycles. The van der Waals surface area contributed by atoms with E-state index in [9.17, 15) is 24.2 Å². The summed E-state index contributed by atoms with van der Waals surface area (Å²) in [6.45, 7) is 3.75.